The van der Waals surface area contributed by atoms with Gasteiger partial charge in [0, 0.05) is 6.54 Å². The van der Waals surface area contributed by atoms with Crippen molar-refractivity contribution in [3.05, 3.63) is 18.5 Å². The fourth-order valence-electron chi connectivity index (χ4n) is 1.92. The molecule has 0 bridgehead atoms. The van der Waals surface area contributed by atoms with Crippen molar-refractivity contribution in [3.63, 3.8) is 0 Å². The van der Waals surface area contributed by atoms with Gasteiger partial charge in [-0.1, -0.05) is 6.58 Å². The summed E-state index contributed by atoms with van der Waals surface area (Å²) in [5, 5.41) is 9.96. The molecule has 0 radical (unpaired) electrons. The summed E-state index contributed by atoms with van der Waals surface area (Å²) in [6.45, 7) is 4.36. The van der Waals surface area contributed by atoms with Gasteiger partial charge in [0.05, 0.1) is 11.9 Å². The normalized spacial score (nSPS) is 16.9. The van der Waals surface area contributed by atoms with Crippen molar-refractivity contribution >= 4 is 22.9 Å². The van der Waals surface area contributed by atoms with Gasteiger partial charge in [-0.2, -0.15) is 9.97 Å². The van der Waals surface area contributed by atoms with Crippen molar-refractivity contribution in [3.8, 4) is 0 Å². The third-order valence-corrected chi connectivity index (χ3v) is 3.25. The molecule has 1 aliphatic rings. The minimum absolute atomic E-state index is 0.109. The molecular formula is C11H14N6O. The van der Waals surface area contributed by atoms with Crippen molar-refractivity contribution in [2.75, 3.05) is 11.5 Å². The van der Waals surface area contributed by atoms with Gasteiger partial charge in [-0.05, 0) is 18.4 Å². The molecular weight excluding hydrogens is 232 g/mol. The van der Waals surface area contributed by atoms with Gasteiger partial charge in [0.1, 0.15) is 5.52 Å². The summed E-state index contributed by atoms with van der Waals surface area (Å²) in [7, 11) is 0. The molecule has 0 atom stereocenters. The van der Waals surface area contributed by atoms with Gasteiger partial charge in [-0.25, -0.2) is 4.98 Å². The highest BCUT2D eigenvalue weighted by Crippen LogP contribution is 2.41. The van der Waals surface area contributed by atoms with Crippen LogP contribution in [0.2, 0.25) is 0 Å². The number of nitrogens with zero attached hydrogens (tertiary/aromatic N) is 4. The maximum Gasteiger partial charge on any atom is 0.224 e. The molecule has 0 spiro atoms. The first-order chi connectivity index (χ1) is 8.49. The van der Waals surface area contributed by atoms with E-state index in [1.54, 1.807) is 10.9 Å². The number of aromatic nitrogens is 4. The van der Waals surface area contributed by atoms with E-state index in [1.807, 2.05) is 0 Å². The fourth-order valence-corrected chi connectivity index (χ4v) is 1.92. The number of aliphatic hydroxyl groups is 1. The van der Waals surface area contributed by atoms with Crippen LogP contribution in [0, 0.1) is 0 Å². The zero-order chi connectivity index (χ0) is 12.9. The summed E-state index contributed by atoms with van der Waals surface area (Å²) in [4.78, 5) is 12.1. The molecule has 1 saturated carbocycles. The fraction of sp³-hybridized carbons (Fsp3) is 0.364. The highest BCUT2D eigenvalue weighted by molar-refractivity contribution is 5.82. The minimum atomic E-state index is -0.722. The van der Waals surface area contributed by atoms with E-state index in [-0.39, 0.29) is 11.8 Å². The maximum absolute atomic E-state index is 9.96. The average molecular weight is 246 g/mol. The summed E-state index contributed by atoms with van der Waals surface area (Å²) < 4.78 is 1.77. The van der Waals surface area contributed by atoms with E-state index in [2.05, 4.69) is 21.5 Å². The lowest BCUT2D eigenvalue weighted by Crippen LogP contribution is -2.15. The van der Waals surface area contributed by atoms with Crippen molar-refractivity contribution in [1.29, 1.82) is 0 Å². The molecule has 0 aromatic carbocycles. The van der Waals surface area contributed by atoms with Crippen LogP contribution in [0.25, 0.3) is 11.2 Å². The Bertz CT molecular complexity index is 642. The average Bonchev–Trinajstić information content (AvgIpc) is 2.93. The Balaban J connectivity index is 2.00. The second-order valence-corrected chi connectivity index (χ2v) is 4.65. The molecule has 1 aliphatic carbocycles. The van der Waals surface area contributed by atoms with E-state index in [0.29, 0.717) is 17.7 Å². The molecule has 0 aliphatic heterocycles. The summed E-state index contributed by atoms with van der Waals surface area (Å²) in [5.74, 6) is 0.365. The molecule has 94 valence electrons. The predicted octanol–water partition coefficient (Wildman–Crippen LogP) is 0.0718. The lowest BCUT2D eigenvalue weighted by molar-refractivity contribution is 0.183. The van der Waals surface area contributed by atoms with Crippen LogP contribution in [0.5, 0.6) is 0 Å². The third-order valence-electron chi connectivity index (χ3n) is 3.25. The zero-order valence-electron chi connectivity index (χ0n) is 9.80. The molecule has 2 heterocycles. The van der Waals surface area contributed by atoms with Gasteiger partial charge in [-0.15, -0.1) is 0 Å². The van der Waals surface area contributed by atoms with Crippen molar-refractivity contribution in [2.24, 2.45) is 0 Å². The smallest absolute Gasteiger partial charge is 0.224 e. The molecule has 3 rings (SSSR count). The number of fused-ring (bicyclic) bond motifs is 1. The van der Waals surface area contributed by atoms with Crippen LogP contribution in [0.3, 0.4) is 0 Å². The molecule has 18 heavy (non-hydrogen) atoms. The van der Waals surface area contributed by atoms with E-state index < -0.39 is 5.60 Å². The molecule has 0 saturated heterocycles. The van der Waals surface area contributed by atoms with E-state index in [4.69, 9.17) is 11.5 Å². The molecule has 5 N–H and O–H groups in total. The number of imidazole rings is 1. The molecule has 0 unspecified atom stereocenters. The molecule has 2 aromatic rings. The predicted molar refractivity (Wildman–Crippen MR) is 67.5 cm³/mol. The monoisotopic (exact) mass is 246 g/mol. The van der Waals surface area contributed by atoms with Gasteiger partial charge >= 0.3 is 0 Å². The first-order valence-corrected chi connectivity index (χ1v) is 5.64. The van der Waals surface area contributed by atoms with E-state index in [0.717, 1.165) is 18.4 Å². The van der Waals surface area contributed by atoms with Crippen LogP contribution in [0.4, 0.5) is 11.8 Å². The van der Waals surface area contributed by atoms with Crippen molar-refractivity contribution in [1.82, 2.24) is 19.5 Å². The third kappa shape index (κ3) is 1.60. The standard InChI is InChI=1S/C11H14N6O/c1-6(11(18)2-3-11)4-17-5-14-7-8(12)15-10(13)16-9(7)17/h5,18H,1-4H2,(H4,12,13,15,16). The number of nitrogen functional groups attached to an aromatic ring is 2. The number of hydrogen-bond donors (Lipinski definition) is 3. The van der Waals surface area contributed by atoms with Gasteiger partial charge in [0.25, 0.3) is 0 Å². The maximum atomic E-state index is 9.96. The van der Waals surface area contributed by atoms with E-state index in [1.165, 1.54) is 0 Å². The Labute approximate surface area is 103 Å². The van der Waals surface area contributed by atoms with Crippen LogP contribution in [-0.2, 0) is 6.54 Å². The van der Waals surface area contributed by atoms with Crippen LogP contribution in [0.15, 0.2) is 18.5 Å². The van der Waals surface area contributed by atoms with Crippen LogP contribution in [-0.4, -0.2) is 30.2 Å². The Hall–Kier alpha value is -2.15. The van der Waals surface area contributed by atoms with Gasteiger partial charge < -0.3 is 21.1 Å². The Morgan fingerprint density at radius 3 is 2.83 bits per heavy atom. The Kier molecular flexibility index (Phi) is 2.09. The number of hydrogen-bond acceptors (Lipinski definition) is 6. The lowest BCUT2D eigenvalue weighted by atomic mass is 10.1. The minimum Gasteiger partial charge on any atom is -0.385 e. The van der Waals surface area contributed by atoms with Gasteiger partial charge in [-0.3, -0.25) is 0 Å². The SMILES string of the molecule is C=C(Cn1cnc2c(N)nc(N)nc21)C1(O)CC1. The Morgan fingerprint density at radius 2 is 2.17 bits per heavy atom. The van der Waals surface area contributed by atoms with Crippen LogP contribution >= 0.6 is 0 Å². The number of nitrogens with two attached hydrogens (primary N) is 2. The summed E-state index contributed by atoms with van der Waals surface area (Å²) in [6, 6.07) is 0. The first kappa shape index (κ1) is 11.0. The first-order valence-electron chi connectivity index (χ1n) is 5.64. The second kappa shape index (κ2) is 3.42. The topological polar surface area (TPSA) is 116 Å². The summed E-state index contributed by atoms with van der Waals surface area (Å²) in [5.41, 5.74) is 12.4. The van der Waals surface area contributed by atoms with E-state index >= 15 is 0 Å². The van der Waals surface area contributed by atoms with Crippen LogP contribution < -0.4 is 11.5 Å². The zero-order valence-corrected chi connectivity index (χ0v) is 9.80. The molecule has 7 heteroatoms. The molecule has 0 amide bonds. The summed E-state index contributed by atoms with van der Waals surface area (Å²) >= 11 is 0. The quantitative estimate of drug-likeness (QED) is 0.660. The molecule has 7 nitrogen and oxygen atoms in total. The molecule has 1 fully saturated rings. The number of rotatable bonds is 3. The highest BCUT2D eigenvalue weighted by Gasteiger charge is 2.42. The number of anilines is 2. The highest BCUT2D eigenvalue weighted by atomic mass is 16.3. The van der Waals surface area contributed by atoms with Crippen molar-refractivity contribution in [2.45, 2.75) is 25.0 Å². The Morgan fingerprint density at radius 1 is 1.44 bits per heavy atom. The largest absolute Gasteiger partial charge is 0.385 e. The van der Waals surface area contributed by atoms with Gasteiger partial charge in [0.2, 0.25) is 5.95 Å². The van der Waals surface area contributed by atoms with Crippen molar-refractivity contribution < 1.29 is 5.11 Å². The summed E-state index contributed by atoms with van der Waals surface area (Å²) in [6.07, 6.45) is 3.13. The van der Waals surface area contributed by atoms with Crippen LogP contribution in [0.1, 0.15) is 12.8 Å². The molecule has 2 aromatic heterocycles. The lowest BCUT2D eigenvalue weighted by Gasteiger charge is -2.12. The van der Waals surface area contributed by atoms with Gasteiger partial charge in [0.15, 0.2) is 11.5 Å². The second-order valence-electron chi connectivity index (χ2n) is 4.65. The van der Waals surface area contributed by atoms with E-state index in [9.17, 15) is 5.11 Å².